The molecule has 0 saturated carbocycles. The maximum atomic E-state index is 2.52. The summed E-state index contributed by atoms with van der Waals surface area (Å²) in [6.45, 7) is 4.37. The van der Waals surface area contributed by atoms with Gasteiger partial charge in [-0.1, -0.05) is 254 Å². The summed E-state index contributed by atoms with van der Waals surface area (Å²) in [7, 11) is 0. The van der Waals surface area contributed by atoms with Gasteiger partial charge in [-0.15, -0.1) is 0 Å². The topological polar surface area (TPSA) is 0 Å². The number of hydrogen-bond donors (Lipinski definition) is 0. The Morgan fingerprint density at radius 2 is 0.436 bits per heavy atom. The molecule has 0 nitrogen and oxygen atoms in total. The van der Waals surface area contributed by atoms with Gasteiger partial charge in [0, 0.05) is 0 Å². The summed E-state index contributed by atoms with van der Waals surface area (Å²) in [6, 6.07) is 102. The van der Waals surface area contributed by atoms with Gasteiger partial charge in [0.25, 0.3) is 0 Å². The Kier molecular flexibility index (Phi) is 8.92. The van der Waals surface area contributed by atoms with Crippen LogP contribution in [-0.2, 0) is 10.8 Å². The highest BCUT2D eigenvalue weighted by Gasteiger charge is 2.53. The fraction of sp³-hybridized carbons (Fsp3) is 0.0513. The number of hydrogen-bond acceptors (Lipinski definition) is 0. The van der Waals surface area contributed by atoms with Gasteiger partial charge in [0.1, 0.15) is 0 Å². The first kappa shape index (κ1) is 43.6. The average molecular weight is 987 g/mol. The quantitative estimate of drug-likeness (QED) is 0.154. The van der Waals surface area contributed by atoms with Crippen molar-refractivity contribution in [2.45, 2.75) is 24.7 Å². The molecule has 0 bridgehead atoms. The summed E-state index contributed by atoms with van der Waals surface area (Å²) in [5.41, 5.74) is 32.9. The van der Waals surface area contributed by atoms with Crippen molar-refractivity contribution in [3.63, 3.8) is 0 Å². The minimum absolute atomic E-state index is 0.416. The summed E-state index contributed by atoms with van der Waals surface area (Å²) in [4.78, 5) is 0. The minimum Gasteiger partial charge on any atom is -0.0619 e. The molecule has 0 atom stereocenters. The summed E-state index contributed by atoms with van der Waals surface area (Å²) in [6.07, 6.45) is 0. The standard InChI is InChI=1S/C78H50/c1-47-27-31-49(32-28-47)75-63-41-37-52(54-36-40-62-60-20-8-14-26-72(60)78(74(62)46-54)69-23-11-5-17-57(69)58-18-6-12-24-70(58)78)44-66(63)76(50-33-29-48(2)30-34-50)64-42-38-51(43-65(64)75)53-35-39-61-59-19-7-13-25-71(59)77(73(61)45-53)67-21-9-3-15-55(67)56-16-4-10-22-68(56)77/h3-46H,1-2H3. The third-order valence-corrected chi connectivity index (χ3v) is 18.5. The molecular formula is C78H50. The summed E-state index contributed by atoms with van der Waals surface area (Å²) < 4.78 is 0. The zero-order chi connectivity index (χ0) is 51.4. The van der Waals surface area contributed by atoms with Crippen molar-refractivity contribution >= 4 is 21.5 Å². The molecule has 0 radical (unpaired) electrons. The van der Waals surface area contributed by atoms with Gasteiger partial charge in [-0.05, 0) is 193 Å². The lowest BCUT2D eigenvalue weighted by Gasteiger charge is -2.30. The van der Waals surface area contributed by atoms with E-state index >= 15 is 0 Å². The van der Waals surface area contributed by atoms with E-state index in [9.17, 15) is 0 Å². The molecule has 4 aliphatic carbocycles. The van der Waals surface area contributed by atoms with E-state index in [1.165, 1.54) is 166 Å². The molecule has 0 aliphatic heterocycles. The molecule has 13 aromatic rings. The van der Waals surface area contributed by atoms with E-state index in [4.69, 9.17) is 0 Å². The second-order valence-electron chi connectivity index (χ2n) is 22.3. The van der Waals surface area contributed by atoms with Gasteiger partial charge >= 0.3 is 0 Å². The first-order chi connectivity index (χ1) is 38.5. The van der Waals surface area contributed by atoms with Gasteiger partial charge in [0.2, 0.25) is 0 Å². The van der Waals surface area contributed by atoms with Crippen molar-refractivity contribution in [3.8, 4) is 89.0 Å². The third kappa shape index (κ3) is 5.64. The maximum Gasteiger partial charge on any atom is 0.0725 e. The SMILES string of the molecule is Cc1ccc(-c2c3ccc(-c4ccc5c(c4)C4(c6ccccc6-c6ccccc64)c4ccccc4-5)cc3c(-c3ccc(C)cc3)c3ccc(-c4ccc5c(c4)C4(c6ccccc6-c6ccccc64)c4ccccc4-5)cc23)cc1. The Morgan fingerprint density at radius 3 is 0.744 bits per heavy atom. The van der Waals surface area contributed by atoms with Crippen LogP contribution in [0.4, 0.5) is 0 Å². The lowest BCUT2D eigenvalue weighted by Crippen LogP contribution is -2.25. The molecular weight excluding hydrogens is 937 g/mol. The molecule has 0 unspecified atom stereocenters. The average Bonchev–Trinajstić information content (AvgIpc) is 2.89. The highest BCUT2D eigenvalue weighted by Crippen LogP contribution is 2.65. The molecule has 78 heavy (non-hydrogen) atoms. The van der Waals surface area contributed by atoms with Crippen LogP contribution in [0.1, 0.15) is 55.6 Å². The van der Waals surface area contributed by atoms with Crippen LogP contribution in [0.3, 0.4) is 0 Å². The summed E-state index contributed by atoms with van der Waals surface area (Å²) in [5, 5.41) is 4.99. The van der Waals surface area contributed by atoms with Crippen LogP contribution in [0.25, 0.3) is 111 Å². The molecule has 0 heteroatoms. The van der Waals surface area contributed by atoms with Crippen molar-refractivity contribution in [1.29, 1.82) is 0 Å². The first-order valence-corrected chi connectivity index (χ1v) is 27.6. The van der Waals surface area contributed by atoms with Crippen LogP contribution in [0.15, 0.2) is 267 Å². The monoisotopic (exact) mass is 986 g/mol. The third-order valence-electron chi connectivity index (χ3n) is 18.5. The molecule has 0 fully saturated rings. The molecule has 2 spiro atoms. The first-order valence-electron chi connectivity index (χ1n) is 27.6. The smallest absolute Gasteiger partial charge is 0.0619 e. The van der Waals surface area contributed by atoms with Crippen molar-refractivity contribution in [2.75, 3.05) is 0 Å². The summed E-state index contributed by atoms with van der Waals surface area (Å²) >= 11 is 0. The van der Waals surface area contributed by atoms with E-state index < -0.39 is 10.8 Å². The van der Waals surface area contributed by atoms with Crippen LogP contribution < -0.4 is 0 Å². The second kappa shape index (κ2) is 16.0. The zero-order valence-electron chi connectivity index (χ0n) is 43.4. The van der Waals surface area contributed by atoms with Crippen LogP contribution in [0.5, 0.6) is 0 Å². The van der Waals surface area contributed by atoms with E-state index in [0.29, 0.717) is 0 Å². The molecule has 0 saturated heterocycles. The Balaban J connectivity index is 0.900. The lowest BCUT2D eigenvalue weighted by molar-refractivity contribution is 0.794. The van der Waals surface area contributed by atoms with Crippen LogP contribution in [0, 0.1) is 13.8 Å². The van der Waals surface area contributed by atoms with Crippen molar-refractivity contribution in [2.24, 2.45) is 0 Å². The van der Waals surface area contributed by atoms with E-state index in [-0.39, 0.29) is 0 Å². The predicted octanol–water partition coefficient (Wildman–Crippen LogP) is 20.0. The Bertz CT molecular complexity index is 4310. The van der Waals surface area contributed by atoms with Gasteiger partial charge in [-0.25, -0.2) is 0 Å². The molecule has 362 valence electrons. The van der Waals surface area contributed by atoms with Crippen molar-refractivity contribution < 1.29 is 0 Å². The minimum atomic E-state index is -0.416. The van der Waals surface area contributed by atoms with Gasteiger partial charge in [-0.3, -0.25) is 0 Å². The largest absolute Gasteiger partial charge is 0.0725 e. The maximum absolute atomic E-state index is 2.52. The van der Waals surface area contributed by atoms with Gasteiger partial charge in [-0.2, -0.15) is 0 Å². The highest BCUT2D eigenvalue weighted by atomic mass is 14.5. The Hall–Kier alpha value is -9.62. The van der Waals surface area contributed by atoms with Gasteiger partial charge in [0.15, 0.2) is 0 Å². The van der Waals surface area contributed by atoms with Crippen LogP contribution >= 0.6 is 0 Å². The summed E-state index contributed by atoms with van der Waals surface area (Å²) in [5.74, 6) is 0. The number of rotatable bonds is 4. The zero-order valence-corrected chi connectivity index (χ0v) is 43.4. The molecule has 13 aromatic carbocycles. The lowest BCUT2D eigenvalue weighted by atomic mass is 9.70. The molecule has 0 N–H and O–H groups in total. The Morgan fingerprint density at radius 1 is 0.192 bits per heavy atom. The number of benzene rings is 13. The van der Waals surface area contributed by atoms with Gasteiger partial charge < -0.3 is 0 Å². The molecule has 0 heterocycles. The number of aryl methyl sites for hydroxylation is 2. The molecule has 0 aromatic heterocycles. The predicted molar refractivity (Wildman–Crippen MR) is 325 cm³/mol. The highest BCUT2D eigenvalue weighted by molar-refractivity contribution is 6.22. The van der Waals surface area contributed by atoms with E-state index in [2.05, 4.69) is 281 Å². The van der Waals surface area contributed by atoms with Crippen LogP contribution in [-0.4, -0.2) is 0 Å². The fourth-order valence-electron chi connectivity index (χ4n) is 15.2. The fourth-order valence-corrected chi connectivity index (χ4v) is 15.2. The number of fused-ring (bicyclic) bond motifs is 22. The van der Waals surface area contributed by atoms with Crippen molar-refractivity contribution in [3.05, 3.63) is 323 Å². The molecule has 0 amide bonds. The molecule has 4 aliphatic rings. The van der Waals surface area contributed by atoms with Crippen LogP contribution in [0.2, 0.25) is 0 Å². The van der Waals surface area contributed by atoms with Gasteiger partial charge in [0.05, 0.1) is 10.8 Å². The van der Waals surface area contributed by atoms with E-state index in [1.54, 1.807) is 0 Å². The van der Waals surface area contributed by atoms with E-state index in [1.807, 2.05) is 0 Å². The van der Waals surface area contributed by atoms with Crippen molar-refractivity contribution in [1.82, 2.24) is 0 Å². The second-order valence-corrected chi connectivity index (χ2v) is 22.3. The molecule has 17 rings (SSSR count). The van der Waals surface area contributed by atoms with E-state index in [0.717, 1.165) is 0 Å². The Labute approximate surface area is 455 Å². The normalized spacial score (nSPS) is 14.0.